The van der Waals surface area contributed by atoms with Crippen molar-refractivity contribution in [3.63, 3.8) is 0 Å². The van der Waals surface area contributed by atoms with Crippen molar-refractivity contribution < 1.29 is 36.9 Å². The molecule has 0 aliphatic rings. The molecule has 1 aromatic heterocycles. The largest absolute Gasteiger partial charge is 0.465 e. The number of methoxy groups -OCH3 is 1. The first-order chi connectivity index (χ1) is 17.8. The Kier molecular flexibility index (Phi) is 8.91. The number of hydrogen-bond acceptors (Lipinski definition) is 6. The van der Waals surface area contributed by atoms with Crippen LogP contribution >= 0.6 is 0 Å². The summed E-state index contributed by atoms with van der Waals surface area (Å²) < 4.78 is 59.5. The fourth-order valence-corrected chi connectivity index (χ4v) is 5.55. The van der Waals surface area contributed by atoms with Crippen molar-refractivity contribution in [2.24, 2.45) is 0 Å². The van der Waals surface area contributed by atoms with Gasteiger partial charge in [0.05, 0.1) is 19.1 Å². The molecule has 0 saturated heterocycles. The molecular weight excluding hydrogens is 516 g/mol. The average Bonchev–Trinajstić information content (AvgIpc) is 3.20. The van der Waals surface area contributed by atoms with Crippen molar-refractivity contribution in [3.05, 3.63) is 77.5 Å². The van der Waals surface area contributed by atoms with Gasteiger partial charge in [0.1, 0.15) is 11.6 Å². The lowest BCUT2D eigenvalue weighted by atomic mass is 9.94. The number of carbonyl (C=O) groups is 1. The summed E-state index contributed by atoms with van der Waals surface area (Å²) >= 11 is 0. The third-order valence-electron chi connectivity index (χ3n) is 6.03. The van der Waals surface area contributed by atoms with Gasteiger partial charge in [0.15, 0.2) is 0 Å². The lowest BCUT2D eigenvalue weighted by Gasteiger charge is -2.17. The van der Waals surface area contributed by atoms with Crippen LogP contribution in [0.5, 0.6) is 0 Å². The van der Waals surface area contributed by atoms with Crippen LogP contribution in [0.4, 0.5) is 8.78 Å². The van der Waals surface area contributed by atoms with Crippen LogP contribution in [0.2, 0.25) is 0 Å². The van der Waals surface area contributed by atoms with E-state index in [9.17, 15) is 32.2 Å². The topological polar surface area (TPSA) is 106 Å². The molecule has 7 nitrogen and oxygen atoms in total. The fraction of sp³-hybridized carbons (Fsp3) is 0.321. The van der Waals surface area contributed by atoms with E-state index < -0.39 is 33.4 Å². The molecule has 0 bridgehead atoms. The van der Waals surface area contributed by atoms with Gasteiger partial charge in [-0.1, -0.05) is 38.1 Å². The van der Waals surface area contributed by atoms with Gasteiger partial charge >= 0.3 is 5.97 Å². The van der Waals surface area contributed by atoms with E-state index in [-0.39, 0.29) is 18.8 Å². The summed E-state index contributed by atoms with van der Waals surface area (Å²) in [5, 5.41) is 19.7. The zero-order chi connectivity index (χ0) is 28.3. The molecule has 3 aromatic rings. The normalized spacial score (nSPS) is 12.4. The highest BCUT2D eigenvalue weighted by molar-refractivity contribution is 7.89. The zero-order valence-electron chi connectivity index (χ0n) is 21.6. The summed E-state index contributed by atoms with van der Waals surface area (Å²) in [5.41, 5.74) is 2.92. The van der Waals surface area contributed by atoms with E-state index in [1.165, 1.54) is 40.4 Å². The Hall–Kier alpha value is -3.34. The SMILES string of the molecule is COC(=O)C(O)(O)CCC/C=C/c1c(-c2ccc(F)cc2)c(-c2ccc(F)cc2)n(S(C)(=O)=O)c1C(C)C. The minimum absolute atomic E-state index is 0.221. The Labute approximate surface area is 221 Å². The van der Waals surface area contributed by atoms with Crippen LogP contribution in [-0.4, -0.2) is 47.7 Å². The van der Waals surface area contributed by atoms with Gasteiger partial charge in [-0.05, 0) is 60.7 Å². The van der Waals surface area contributed by atoms with E-state index in [1.807, 2.05) is 13.8 Å². The number of halogens is 2. The number of aromatic nitrogens is 1. The van der Waals surface area contributed by atoms with Crippen LogP contribution in [0.25, 0.3) is 28.5 Å². The highest BCUT2D eigenvalue weighted by atomic mass is 32.2. The number of carbonyl (C=O) groups excluding carboxylic acids is 1. The molecular formula is C28H31F2NO6S. The number of nitrogens with zero attached hydrogens (tertiary/aromatic N) is 1. The smallest absolute Gasteiger partial charge is 0.366 e. The summed E-state index contributed by atoms with van der Waals surface area (Å²) in [6.45, 7) is 3.69. The molecule has 1 heterocycles. The maximum Gasteiger partial charge on any atom is 0.366 e. The molecule has 0 radical (unpaired) electrons. The zero-order valence-corrected chi connectivity index (χ0v) is 22.4. The number of unbranched alkanes of at least 4 members (excludes halogenated alkanes) is 1. The van der Waals surface area contributed by atoms with Gasteiger partial charge in [0, 0.05) is 28.8 Å². The van der Waals surface area contributed by atoms with Gasteiger partial charge in [0.25, 0.3) is 5.79 Å². The van der Waals surface area contributed by atoms with Gasteiger partial charge in [-0.15, -0.1) is 0 Å². The highest BCUT2D eigenvalue weighted by Gasteiger charge is 2.33. The molecule has 0 spiro atoms. The van der Waals surface area contributed by atoms with Crippen molar-refractivity contribution in [2.75, 3.05) is 13.4 Å². The standard InChI is InChI=1S/C28H31F2NO6S/c1-18(2)25-23(8-6-5-7-17-28(33,34)27(32)37-3)24(19-9-13-21(29)14-10-19)26(31(25)38(4,35)36)20-11-15-22(30)16-12-20/h6,8-16,18,33-34H,5,7,17H2,1-4H3/b8-6+. The van der Waals surface area contributed by atoms with Crippen molar-refractivity contribution >= 4 is 22.1 Å². The van der Waals surface area contributed by atoms with E-state index in [4.69, 9.17) is 0 Å². The third-order valence-corrected chi connectivity index (χ3v) is 7.07. The second kappa shape index (κ2) is 11.6. The Morgan fingerprint density at radius 2 is 1.55 bits per heavy atom. The molecule has 0 fully saturated rings. The second-order valence-electron chi connectivity index (χ2n) is 9.32. The van der Waals surface area contributed by atoms with E-state index in [2.05, 4.69) is 4.74 Å². The summed E-state index contributed by atoms with van der Waals surface area (Å²) in [4.78, 5) is 11.5. The van der Waals surface area contributed by atoms with Crippen LogP contribution < -0.4 is 0 Å². The fourth-order valence-electron chi connectivity index (χ4n) is 4.36. The van der Waals surface area contributed by atoms with Crippen molar-refractivity contribution in [1.82, 2.24) is 3.97 Å². The van der Waals surface area contributed by atoms with Gasteiger partial charge in [-0.3, -0.25) is 0 Å². The molecule has 0 aliphatic heterocycles. The van der Waals surface area contributed by atoms with E-state index >= 15 is 0 Å². The molecule has 0 atom stereocenters. The third kappa shape index (κ3) is 6.38. The molecule has 0 aliphatic carbocycles. The molecule has 2 aromatic carbocycles. The molecule has 10 heteroatoms. The number of esters is 1. The molecule has 204 valence electrons. The Morgan fingerprint density at radius 3 is 2.03 bits per heavy atom. The minimum Gasteiger partial charge on any atom is -0.465 e. The quantitative estimate of drug-likeness (QED) is 0.209. The number of rotatable bonds is 10. The second-order valence-corrected chi connectivity index (χ2v) is 11.2. The van der Waals surface area contributed by atoms with E-state index in [0.717, 1.165) is 13.4 Å². The molecule has 0 unspecified atom stereocenters. The first-order valence-corrected chi connectivity index (χ1v) is 13.8. The molecule has 38 heavy (non-hydrogen) atoms. The van der Waals surface area contributed by atoms with E-state index in [0.29, 0.717) is 40.1 Å². The van der Waals surface area contributed by atoms with E-state index in [1.54, 1.807) is 24.3 Å². The Balaban J connectivity index is 2.23. The number of hydrogen-bond donors (Lipinski definition) is 2. The summed E-state index contributed by atoms with van der Waals surface area (Å²) in [6, 6.07) is 11.1. The molecule has 2 N–H and O–H groups in total. The monoisotopic (exact) mass is 547 g/mol. The van der Waals surface area contributed by atoms with Gasteiger partial charge in [-0.2, -0.15) is 0 Å². The molecule has 3 rings (SSSR count). The van der Waals surface area contributed by atoms with Crippen molar-refractivity contribution in [3.8, 4) is 22.4 Å². The number of allylic oxidation sites excluding steroid dienone is 1. The van der Waals surface area contributed by atoms with Crippen LogP contribution in [0, 0.1) is 11.6 Å². The lowest BCUT2D eigenvalue weighted by molar-refractivity contribution is -0.208. The summed E-state index contributed by atoms with van der Waals surface area (Å²) in [6.07, 6.45) is 4.84. The van der Waals surface area contributed by atoms with Crippen molar-refractivity contribution in [1.29, 1.82) is 0 Å². The maximum atomic E-state index is 13.8. The highest BCUT2D eigenvalue weighted by Crippen LogP contribution is 2.43. The Morgan fingerprint density at radius 1 is 1.03 bits per heavy atom. The van der Waals surface area contributed by atoms with Gasteiger partial charge < -0.3 is 14.9 Å². The average molecular weight is 548 g/mol. The predicted octanol–water partition coefficient (Wildman–Crippen LogP) is 5.07. The van der Waals surface area contributed by atoms with Gasteiger partial charge in [-0.25, -0.2) is 26.0 Å². The maximum absolute atomic E-state index is 13.8. The summed E-state index contributed by atoms with van der Waals surface area (Å²) in [7, 11) is -2.80. The lowest BCUT2D eigenvalue weighted by Crippen LogP contribution is -2.39. The van der Waals surface area contributed by atoms with Crippen molar-refractivity contribution in [2.45, 2.75) is 44.8 Å². The van der Waals surface area contributed by atoms with Gasteiger partial charge in [0.2, 0.25) is 10.0 Å². The number of benzene rings is 2. The number of ether oxygens (including phenoxy) is 1. The number of aliphatic hydroxyl groups is 2. The molecule has 0 saturated carbocycles. The predicted molar refractivity (Wildman–Crippen MR) is 142 cm³/mol. The first kappa shape index (κ1) is 29.2. The summed E-state index contributed by atoms with van der Waals surface area (Å²) in [5.74, 6) is -4.96. The van der Waals surface area contributed by atoms with Crippen LogP contribution in [0.15, 0.2) is 54.6 Å². The molecule has 0 amide bonds. The minimum atomic E-state index is -3.85. The van der Waals surface area contributed by atoms with Crippen LogP contribution in [-0.2, 0) is 19.6 Å². The Bertz CT molecular complexity index is 1420. The van der Waals surface area contributed by atoms with Crippen LogP contribution in [0.3, 0.4) is 0 Å². The van der Waals surface area contributed by atoms with Crippen LogP contribution in [0.1, 0.15) is 50.3 Å². The first-order valence-electron chi connectivity index (χ1n) is 12.0.